The minimum atomic E-state index is -0.788. The molecular formula is C15H19N3O4S2. The summed E-state index contributed by atoms with van der Waals surface area (Å²) in [5.41, 5.74) is 0.566. The van der Waals surface area contributed by atoms with Crippen LogP contribution < -0.4 is 10.9 Å². The minimum absolute atomic E-state index is 0.0628. The molecule has 9 heteroatoms. The van der Waals surface area contributed by atoms with Crippen molar-refractivity contribution in [3.05, 3.63) is 33.7 Å². The molecule has 0 spiro atoms. The Morgan fingerprint density at radius 3 is 2.96 bits per heavy atom. The predicted octanol–water partition coefficient (Wildman–Crippen LogP) is 1.75. The fourth-order valence-corrected chi connectivity index (χ4v) is 3.55. The number of hydrogen-bond acceptors (Lipinski definition) is 6. The van der Waals surface area contributed by atoms with Gasteiger partial charge in [-0.05, 0) is 12.8 Å². The van der Waals surface area contributed by atoms with Gasteiger partial charge in [0.15, 0.2) is 4.96 Å². The summed E-state index contributed by atoms with van der Waals surface area (Å²) in [6.07, 6.45) is 4.05. The fourth-order valence-electron chi connectivity index (χ4n) is 2.07. The molecular weight excluding hydrogens is 350 g/mol. The lowest BCUT2D eigenvalue weighted by atomic mass is 10.2. The van der Waals surface area contributed by atoms with Crippen LogP contribution in [0.1, 0.15) is 31.4 Å². The maximum Gasteiger partial charge on any atom is 0.303 e. The highest BCUT2D eigenvalue weighted by Gasteiger charge is 2.06. The zero-order chi connectivity index (χ0) is 17.4. The Kier molecular flexibility index (Phi) is 7.26. The molecule has 0 saturated carbocycles. The van der Waals surface area contributed by atoms with Gasteiger partial charge in [0.05, 0.1) is 11.4 Å². The van der Waals surface area contributed by atoms with Gasteiger partial charge in [-0.3, -0.25) is 18.8 Å². The van der Waals surface area contributed by atoms with Crippen molar-refractivity contribution < 1.29 is 14.7 Å². The van der Waals surface area contributed by atoms with Crippen molar-refractivity contribution in [2.75, 3.05) is 12.3 Å². The van der Waals surface area contributed by atoms with Crippen LogP contribution in [-0.2, 0) is 15.3 Å². The normalized spacial score (nSPS) is 10.8. The highest BCUT2D eigenvalue weighted by atomic mass is 32.2. The number of unbranched alkanes of at least 4 members (excludes halogenated alkanes) is 2. The second-order valence-corrected chi connectivity index (χ2v) is 7.05. The molecule has 2 aromatic rings. The molecule has 0 aliphatic rings. The number of rotatable bonds is 10. The summed E-state index contributed by atoms with van der Waals surface area (Å²) in [7, 11) is 0. The van der Waals surface area contributed by atoms with Crippen molar-refractivity contribution in [1.82, 2.24) is 14.7 Å². The van der Waals surface area contributed by atoms with Gasteiger partial charge in [0.1, 0.15) is 0 Å². The summed E-state index contributed by atoms with van der Waals surface area (Å²) < 4.78 is 1.50. The van der Waals surface area contributed by atoms with E-state index in [-0.39, 0.29) is 17.9 Å². The van der Waals surface area contributed by atoms with Crippen molar-refractivity contribution in [1.29, 1.82) is 0 Å². The van der Waals surface area contributed by atoms with Gasteiger partial charge >= 0.3 is 5.97 Å². The average Bonchev–Trinajstić information content (AvgIpc) is 2.99. The molecule has 0 radical (unpaired) electrons. The first kappa shape index (κ1) is 18.5. The number of nitrogens with zero attached hydrogens (tertiary/aromatic N) is 2. The number of aromatic nitrogens is 2. The fraction of sp³-hybridized carbons (Fsp3) is 0.467. The third-order valence-corrected chi connectivity index (χ3v) is 4.95. The average molecular weight is 369 g/mol. The van der Waals surface area contributed by atoms with E-state index in [4.69, 9.17) is 5.11 Å². The van der Waals surface area contributed by atoms with E-state index in [1.54, 1.807) is 6.20 Å². The second kappa shape index (κ2) is 9.43. The molecule has 24 heavy (non-hydrogen) atoms. The molecule has 0 aliphatic carbocycles. The number of thiazole rings is 1. The van der Waals surface area contributed by atoms with E-state index in [9.17, 15) is 14.4 Å². The number of nitrogens with one attached hydrogen (secondary N) is 1. The summed E-state index contributed by atoms with van der Waals surface area (Å²) in [6.45, 7) is 0.555. The van der Waals surface area contributed by atoms with Crippen LogP contribution in [0.15, 0.2) is 22.4 Å². The van der Waals surface area contributed by atoms with Gasteiger partial charge in [-0.2, -0.15) is 0 Å². The van der Waals surface area contributed by atoms with Crippen LogP contribution in [0.2, 0.25) is 0 Å². The third kappa shape index (κ3) is 5.97. The maximum absolute atomic E-state index is 11.8. The second-order valence-electron chi connectivity index (χ2n) is 5.19. The van der Waals surface area contributed by atoms with E-state index < -0.39 is 5.97 Å². The van der Waals surface area contributed by atoms with Gasteiger partial charge in [-0.1, -0.05) is 6.42 Å². The number of thioether (sulfide) groups is 1. The van der Waals surface area contributed by atoms with Crippen LogP contribution in [0.4, 0.5) is 0 Å². The molecule has 0 saturated heterocycles. The SMILES string of the molecule is O=C(O)CCCCCNC(=O)CSCc1cc(=O)n2ccsc2n1. The maximum atomic E-state index is 11.8. The van der Waals surface area contributed by atoms with E-state index in [1.165, 1.54) is 33.6 Å². The number of carboxylic acid groups (broad SMARTS) is 1. The molecule has 2 rings (SSSR count). The topological polar surface area (TPSA) is 101 Å². The van der Waals surface area contributed by atoms with Crippen LogP contribution in [0.25, 0.3) is 4.96 Å². The molecule has 0 atom stereocenters. The van der Waals surface area contributed by atoms with E-state index in [0.717, 1.165) is 12.8 Å². The zero-order valence-corrected chi connectivity index (χ0v) is 14.7. The number of carbonyl (C=O) groups is 2. The number of carbonyl (C=O) groups excluding carboxylic acids is 1. The Morgan fingerprint density at radius 2 is 2.17 bits per heavy atom. The first-order chi connectivity index (χ1) is 11.6. The first-order valence-corrected chi connectivity index (χ1v) is 9.62. The number of carboxylic acids is 1. The van der Waals surface area contributed by atoms with Gasteiger partial charge in [-0.15, -0.1) is 23.1 Å². The lowest BCUT2D eigenvalue weighted by Crippen LogP contribution is -2.26. The Bertz CT molecular complexity index is 757. The molecule has 0 bridgehead atoms. The summed E-state index contributed by atoms with van der Waals surface area (Å²) in [4.78, 5) is 38.9. The monoisotopic (exact) mass is 369 g/mol. The molecule has 2 aromatic heterocycles. The molecule has 0 unspecified atom stereocenters. The summed E-state index contributed by atoms with van der Waals surface area (Å²) in [5.74, 6) is -0.0346. The van der Waals surface area contributed by atoms with E-state index in [1.807, 2.05) is 5.38 Å². The molecule has 1 amide bonds. The molecule has 7 nitrogen and oxygen atoms in total. The molecule has 2 heterocycles. The van der Waals surface area contributed by atoms with Crippen molar-refractivity contribution >= 4 is 39.9 Å². The van der Waals surface area contributed by atoms with E-state index in [2.05, 4.69) is 10.3 Å². The van der Waals surface area contributed by atoms with Crippen LogP contribution in [0.3, 0.4) is 0 Å². The molecule has 0 aromatic carbocycles. The lowest BCUT2D eigenvalue weighted by molar-refractivity contribution is -0.137. The Balaban J connectivity index is 1.63. The van der Waals surface area contributed by atoms with Gasteiger partial charge in [0, 0.05) is 36.4 Å². The van der Waals surface area contributed by atoms with Crippen molar-refractivity contribution in [2.24, 2.45) is 0 Å². The van der Waals surface area contributed by atoms with Crippen LogP contribution >= 0.6 is 23.1 Å². The quantitative estimate of drug-likeness (QED) is 0.619. The van der Waals surface area contributed by atoms with E-state index in [0.29, 0.717) is 35.1 Å². The minimum Gasteiger partial charge on any atom is -0.481 e. The predicted molar refractivity (Wildman–Crippen MR) is 94.6 cm³/mol. The smallest absolute Gasteiger partial charge is 0.303 e. The van der Waals surface area contributed by atoms with Gasteiger partial charge in [0.25, 0.3) is 5.56 Å². The Hall–Kier alpha value is -1.87. The zero-order valence-electron chi connectivity index (χ0n) is 13.1. The summed E-state index contributed by atoms with van der Waals surface area (Å²) in [6, 6.07) is 1.49. The summed E-state index contributed by atoms with van der Waals surface area (Å²) >= 11 is 2.81. The Labute approximate surface area is 147 Å². The van der Waals surface area contributed by atoms with Crippen LogP contribution in [0, 0.1) is 0 Å². The number of amides is 1. The molecule has 2 N–H and O–H groups in total. The molecule has 130 valence electrons. The Morgan fingerprint density at radius 1 is 1.33 bits per heavy atom. The number of aliphatic carboxylic acids is 1. The highest BCUT2D eigenvalue weighted by molar-refractivity contribution is 7.99. The van der Waals surface area contributed by atoms with Gasteiger partial charge in [0.2, 0.25) is 5.91 Å². The molecule has 0 aliphatic heterocycles. The van der Waals surface area contributed by atoms with Crippen molar-refractivity contribution in [3.63, 3.8) is 0 Å². The molecule has 0 fully saturated rings. The van der Waals surface area contributed by atoms with Gasteiger partial charge < -0.3 is 10.4 Å². The summed E-state index contributed by atoms with van der Waals surface area (Å²) in [5, 5.41) is 13.1. The standard InChI is InChI=1S/C15H19N3O4S2/c19-12(16-5-3-1-2-4-14(21)22)10-23-9-11-8-13(20)18-6-7-24-15(18)17-11/h6-8H,1-5,9-10H2,(H,16,19)(H,21,22). The van der Waals surface area contributed by atoms with Crippen molar-refractivity contribution in [3.8, 4) is 0 Å². The highest BCUT2D eigenvalue weighted by Crippen LogP contribution is 2.12. The number of hydrogen-bond donors (Lipinski definition) is 2. The van der Waals surface area contributed by atoms with Crippen LogP contribution in [-0.4, -0.2) is 38.7 Å². The largest absolute Gasteiger partial charge is 0.481 e. The lowest BCUT2D eigenvalue weighted by Gasteiger charge is -2.05. The van der Waals surface area contributed by atoms with Crippen molar-refractivity contribution in [2.45, 2.75) is 31.4 Å². The van der Waals surface area contributed by atoms with Gasteiger partial charge in [-0.25, -0.2) is 4.98 Å². The first-order valence-electron chi connectivity index (χ1n) is 7.58. The number of fused-ring (bicyclic) bond motifs is 1. The third-order valence-electron chi connectivity index (χ3n) is 3.23. The van der Waals surface area contributed by atoms with Crippen LogP contribution in [0.5, 0.6) is 0 Å². The van der Waals surface area contributed by atoms with E-state index >= 15 is 0 Å².